The van der Waals surface area contributed by atoms with Crippen LogP contribution in [0.5, 0.6) is 0 Å². The van der Waals surface area contributed by atoms with E-state index < -0.39 is 0 Å². The first kappa shape index (κ1) is 8.26. The Morgan fingerprint density at radius 2 is 1.54 bits per heavy atom. The predicted octanol–water partition coefficient (Wildman–Crippen LogP) is 2.43. The normalized spacial score (nSPS) is 9.92. The number of thiol groups is 1. The van der Waals surface area contributed by atoms with Crippen molar-refractivity contribution in [3.05, 3.63) is 42.7 Å². The molecule has 0 saturated heterocycles. The van der Waals surface area contributed by atoms with Crippen molar-refractivity contribution in [1.29, 1.82) is 0 Å². The predicted molar refractivity (Wildman–Crippen MR) is 54.7 cm³/mol. The van der Waals surface area contributed by atoms with E-state index in [1.165, 1.54) is 0 Å². The average molecular weight is 188 g/mol. The molecule has 0 N–H and O–H groups in total. The lowest BCUT2D eigenvalue weighted by molar-refractivity contribution is 1.11. The van der Waals surface area contributed by atoms with Crippen molar-refractivity contribution < 1.29 is 0 Å². The molecule has 2 nitrogen and oxygen atoms in total. The first-order valence-corrected chi connectivity index (χ1v) is 4.37. The highest BCUT2D eigenvalue weighted by molar-refractivity contribution is 7.80. The summed E-state index contributed by atoms with van der Waals surface area (Å²) in [6, 6.07) is 9.86. The molecule has 1 heterocycles. The first-order valence-electron chi connectivity index (χ1n) is 3.93. The second kappa shape index (κ2) is 3.58. The summed E-state index contributed by atoms with van der Waals surface area (Å²) in [5.74, 6) is 0.735. The van der Waals surface area contributed by atoms with Crippen LogP contribution in [0.2, 0.25) is 0 Å². The van der Waals surface area contributed by atoms with E-state index >= 15 is 0 Å². The van der Waals surface area contributed by atoms with Gasteiger partial charge < -0.3 is 0 Å². The molecule has 0 aliphatic rings. The maximum Gasteiger partial charge on any atom is 0.159 e. The molecular formula is C10H8N2S. The molecule has 64 valence electrons. The molecule has 1 aromatic carbocycles. The summed E-state index contributed by atoms with van der Waals surface area (Å²) >= 11 is 4.12. The quantitative estimate of drug-likeness (QED) is 0.695. The van der Waals surface area contributed by atoms with Crippen molar-refractivity contribution in [3.8, 4) is 11.4 Å². The van der Waals surface area contributed by atoms with E-state index in [2.05, 4.69) is 22.6 Å². The van der Waals surface area contributed by atoms with Crippen molar-refractivity contribution in [2.75, 3.05) is 0 Å². The smallest absolute Gasteiger partial charge is 0.159 e. The van der Waals surface area contributed by atoms with Crippen LogP contribution < -0.4 is 0 Å². The Bertz CT molecular complexity index is 383. The van der Waals surface area contributed by atoms with E-state index in [1.807, 2.05) is 30.3 Å². The summed E-state index contributed by atoms with van der Waals surface area (Å²) in [6.45, 7) is 0. The maximum atomic E-state index is 4.16. The second-order valence-electron chi connectivity index (χ2n) is 2.63. The highest BCUT2D eigenvalue weighted by atomic mass is 32.1. The monoisotopic (exact) mass is 188 g/mol. The van der Waals surface area contributed by atoms with Crippen LogP contribution in [0, 0.1) is 0 Å². The van der Waals surface area contributed by atoms with Gasteiger partial charge in [0.25, 0.3) is 0 Å². The number of nitrogens with zero attached hydrogens (tertiary/aromatic N) is 2. The number of aromatic nitrogens is 2. The third-order valence-corrected chi connectivity index (χ3v) is 1.90. The molecule has 0 aliphatic carbocycles. The van der Waals surface area contributed by atoms with Crippen molar-refractivity contribution in [2.45, 2.75) is 4.90 Å². The van der Waals surface area contributed by atoms with Crippen LogP contribution in [0.4, 0.5) is 0 Å². The minimum absolute atomic E-state index is 0.735. The first-order chi connectivity index (χ1) is 6.36. The van der Waals surface area contributed by atoms with Crippen LogP contribution in [-0.4, -0.2) is 9.97 Å². The van der Waals surface area contributed by atoms with Crippen molar-refractivity contribution in [3.63, 3.8) is 0 Å². The van der Waals surface area contributed by atoms with Crippen LogP contribution in [-0.2, 0) is 0 Å². The lowest BCUT2D eigenvalue weighted by Gasteiger charge is -1.98. The van der Waals surface area contributed by atoms with Gasteiger partial charge in [0, 0.05) is 22.9 Å². The third-order valence-electron chi connectivity index (χ3n) is 1.67. The zero-order valence-electron chi connectivity index (χ0n) is 6.88. The molecule has 3 heteroatoms. The Labute approximate surface area is 82.1 Å². The van der Waals surface area contributed by atoms with Gasteiger partial charge in [-0.25, -0.2) is 9.97 Å². The zero-order chi connectivity index (χ0) is 9.10. The fourth-order valence-electron chi connectivity index (χ4n) is 1.06. The van der Waals surface area contributed by atoms with Crippen molar-refractivity contribution in [2.24, 2.45) is 0 Å². The number of benzene rings is 1. The summed E-state index contributed by atoms with van der Waals surface area (Å²) in [5, 5.41) is 0. The lowest BCUT2D eigenvalue weighted by atomic mass is 10.2. The molecule has 13 heavy (non-hydrogen) atoms. The van der Waals surface area contributed by atoms with Gasteiger partial charge in [0.2, 0.25) is 0 Å². The maximum absolute atomic E-state index is 4.16. The van der Waals surface area contributed by atoms with Gasteiger partial charge in [-0.05, 0) is 0 Å². The topological polar surface area (TPSA) is 25.8 Å². The van der Waals surface area contributed by atoms with Crippen LogP contribution in [0.1, 0.15) is 0 Å². The number of hydrogen-bond donors (Lipinski definition) is 1. The summed E-state index contributed by atoms with van der Waals surface area (Å²) in [6.07, 6.45) is 3.39. The van der Waals surface area contributed by atoms with E-state index in [0.717, 1.165) is 16.3 Å². The van der Waals surface area contributed by atoms with E-state index in [-0.39, 0.29) is 0 Å². The van der Waals surface area contributed by atoms with Crippen molar-refractivity contribution >= 4 is 12.6 Å². The highest BCUT2D eigenvalue weighted by Gasteiger charge is 1.97. The molecule has 0 bridgehead atoms. The van der Waals surface area contributed by atoms with Gasteiger partial charge in [-0.15, -0.1) is 12.6 Å². The van der Waals surface area contributed by atoms with Gasteiger partial charge in [0.1, 0.15) is 0 Å². The Hall–Kier alpha value is -1.35. The van der Waals surface area contributed by atoms with Gasteiger partial charge in [-0.3, -0.25) is 0 Å². The highest BCUT2D eigenvalue weighted by Crippen LogP contribution is 2.13. The molecule has 2 aromatic rings. The van der Waals surface area contributed by atoms with Crippen LogP contribution in [0.25, 0.3) is 11.4 Å². The molecule has 0 spiro atoms. The fourth-order valence-corrected chi connectivity index (χ4v) is 1.17. The van der Waals surface area contributed by atoms with Gasteiger partial charge in [0.05, 0.1) is 0 Å². The van der Waals surface area contributed by atoms with Crippen LogP contribution in [0.3, 0.4) is 0 Å². The van der Waals surface area contributed by atoms with Crippen LogP contribution in [0.15, 0.2) is 47.6 Å². The Morgan fingerprint density at radius 1 is 0.923 bits per heavy atom. The molecule has 0 saturated carbocycles. The number of hydrogen-bond acceptors (Lipinski definition) is 3. The van der Waals surface area contributed by atoms with Gasteiger partial charge in [-0.1, -0.05) is 30.3 Å². The van der Waals surface area contributed by atoms with Gasteiger partial charge >= 0.3 is 0 Å². The summed E-state index contributed by atoms with van der Waals surface area (Å²) < 4.78 is 0. The molecule has 0 atom stereocenters. The van der Waals surface area contributed by atoms with Gasteiger partial charge in [0.15, 0.2) is 5.82 Å². The Morgan fingerprint density at radius 3 is 2.15 bits per heavy atom. The SMILES string of the molecule is Sc1cnc(-c2ccccc2)nc1. The zero-order valence-corrected chi connectivity index (χ0v) is 7.78. The van der Waals surface area contributed by atoms with E-state index in [1.54, 1.807) is 12.4 Å². The lowest BCUT2D eigenvalue weighted by Crippen LogP contribution is -1.86. The third kappa shape index (κ3) is 1.87. The molecule has 0 amide bonds. The minimum Gasteiger partial charge on any atom is -0.235 e. The van der Waals surface area contributed by atoms with Crippen molar-refractivity contribution in [1.82, 2.24) is 9.97 Å². The summed E-state index contributed by atoms with van der Waals surface area (Å²) in [7, 11) is 0. The molecule has 0 fully saturated rings. The van der Waals surface area contributed by atoms with E-state index in [0.29, 0.717) is 0 Å². The van der Waals surface area contributed by atoms with E-state index in [4.69, 9.17) is 0 Å². The van der Waals surface area contributed by atoms with Gasteiger partial charge in [-0.2, -0.15) is 0 Å². The summed E-state index contributed by atoms with van der Waals surface area (Å²) in [4.78, 5) is 9.10. The second-order valence-corrected chi connectivity index (χ2v) is 3.15. The fraction of sp³-hybridized carbons (Fsp3) is 0. The standard InChI is InChI=1S/C10H8N2S/c13-9-6-11-10(12-7-9)8-4-2-1-3-5-8/h1-7,13H. The van der Waals surface area contributed by atoms with E-state index in [9.17, 15) is 0 Å². The molecule has 2 rings (SSSR count). The Kier molecular flexibility index (Phi) is 2.27. The molecule has 0 aliphatic heterocycles. The Balaban J connectivity index is 2.42. The molecular weight excluding hydrogens is 180 g/mol. The largest absolute Gasteiger partial charge is 0.235 e. The number of rotatable bonds is 1. The van der Waals surface area contributed by atoms with Crippen LogP contribution >= 0.6 is 12.6 Å². The summed E-state index contributed by atoms with van der Waals surface area (Å²) in [5.41, 5.74) is 1.02. The average Bonchev–Trinajstić information content (AvgIpc) is 2.20. The minimum atomic E-state index is 0.735. The molecule has 0 unspecified atom stereocenters. The molecule has 0 radical (unpaired) electrons. The molecule has 1 aromatic heterocycles.